The zero-order chi connectivity index (χ0) is 14.9. The molecule has 2 atom stereocenters. The summed E-state index contributed by atoms with van der Waals surface area (Å²) >= 11 is 0. The quantitative estimate of drug-likeness (QED) is 0.745. The molecule has 2 unspecified atom stereocenters. The van der Waals surface area contributed by atoms with Crippen LogP contribution in [0.2, 0.25) is 0 Å². The van der Waals surface area contributed by atoms with E-state index in [1.165, 1.54) is 30.4 Å². The minimum absolute atomic E-state index is 0.358. The summed E-state index contributed by atoms with van der Waals surface area (Å²) < 4.78 is 11.5. The van der Waals surface area contributed by atoms with Crippen molar-refractivity contribution >= 4 is 0 Å². The van der Waals surface area contributed by atoms with Crippen LogP contribution in [-0.2, 0) is 22.5 Å². The van der Waals surface area contributed by atoms with Crippen molar-refractivity contribution in [2.45, 2.75) is 57.8 Å². The highest BCUT2D eigenvalue weighted by molar-refractivity contribution is 5.22. The zero-order valence-electron chi connectivity index (χ0n) is 13.4. The molecular weight excluding hydrogens is 262 g/mol. The summed E-state index contributed by atoms with van der Waals surface area (Å²) in [6, 6.07) is 8.82. The number of rotatable bonds is 8. The van der Waals surface area contributed by atoms with Gasteiger partial charge in [-0.05, 0) is 56.3 Å². The van der Waals surface area contributed by atoms with Crippen LogP contribution in [0.15, 0.2) is 24.3 Å². The van der Waals surface area contributed by atoms with E-state index < -0.39 is 0 Å². The topological polar surface area (TPSA) is 30.5 Å². The molecule has 1 saturated carbocycles. The maximum absolute atomic E-state index is 6.05. The van der Waals surface area contributed by atoms with Crippen LogP contribution in [0.1, 0.15) is 43.7 Å². The van der Waals surface area contributed by atoms with E-state index in [9.17, 15) is 0 Å². The minimum Gasteiger partial charge on any atom is -0.381 e. The predicted octanol–water partition coefficient (Wildman–Crippen LogP) is 3.31. The number of methoxy groups -OCH3 is 1. The molecule has 0 radical (unpaired) electrons. The van der Waals surface area contributed by atoms with Gasteiger partial charge in [0.15, 0.2) is 0 Å². The summed E-state index contributed by atoms with van der Waals surface area (Å²) in [5.74, 6) is 0. The zero-order valence-corrected chi connectivity index (χ0v) is 13.4. The van der Waals surface area contributed by atoms with E-state index in [0.717, 1.165) is 25.9 Å². The molecule has 0 spiro atoms. The lowest BCUT2D eigenvalue weighted by Gasteiger charge is -2.28. The van der Waals surface area contributed by atoms with E-state index >= 15 is 0 Å². The fourth-order valence-corrected chi connectivity index (χ4v) is 2.89. The first-order valence-electron chi connectivity index (χ1n) is 8.24. The van der Waals surface area contributed by atoms with E-state index in [4.69, 9.17) is 9.47 Å². The highest BCUT2D eigenvalue weighted by Crippen LogP contribution is 2.24. The van der Waals surface area contributed by atoms with Crippen molar-refractivity contribution in [3.63, 3.8) is 0 Å². The fourth-order valence-electron chi connectivity index (χ4n) is 2.89. The van der Waals surface area contributed by atoms with Crippen LogP contribution in [0.3, 0.4) is 0 Å². The normalized spacial score (nSPS) is 22.4. The van der Waals surface area contributed by atoms with Crippen LogP contribution in [0.5, 0.6) is 0 Å². The van der Waals surface area contributed by atoms with Gasteiger partial charge >= 0.3 is 0 Å². The first-order chi connectivity index (χ1) is 10.3. The molecule has 1 N–H and O–H groups in total. The predicted molar refractivity (Wildman–Crippen MR) is 86.5 cm³/mol. The first kappa shape index (κ1) is 16.5. The van der Waals surface area contributed by atoms with E-state index in [1.807, 2.05) is 0 Å². The molecule has 118 valence electrons. The summed E-state index contributed by atoms with van der Waals surface area (Å²) in [4.78, 5) is 0. The Kier molecular flexibility index (Phi) is 7.20. The van der Waals surface area contributed by atoms with Crippen molar-refractivity contribution in [1.29, 1.82) is 0 Å². The molecule has 0 aromatic heterocycles. The molecule has 0 amide bonds. The highest BCUT2D eigenvalue weighted by atomic mass is 16.5. The van der Waals surface area contributed by atoms with E-state index in [1.54, 1.807) is 7.11 Å². The van der Waals surface area contributed by atoms with Gasteiger partial charge in [0.2, 0.25) is 0 Å². The minimum atomic E-state index is 0.358. The summed E-state index contributed by atoms with van der Waals surface area (Å²) in [6.07, 6.45) is 6.43. The van der Waals surface area contributed by atoms with Crippen LogP contribution < -0.4 is 5.32 Å². The number of likely N-dealkylation sites (N-methyl/N-ethyl adjacent to an activating group) is 1. The van der Waals surface area contributed by atoms with Gasteiger partial charge in [0, 0.05) is 7.11 Å². The lowest BCUT2D eigenvalue weighted by atomic mass is 9.95. The van der Waals surface area contributed by atoms with Gasteiger partial charge in [-0.3, -0.25) is 0 Å². The van der Waals surface area contributed by atoms with Gasteiger partial charge in [0.05, 0.1) is 18.8 Å². The van der Waals surface area contributed by atoms with Crippen molar-refractivity contribution in [2.24, 2.45) is 0 Å². The van der Waals surface area contributed by atoms with Crippen molar-refractivity contribution in [3.8, 4) is 0 Å². The standard InChI is InChI=1S/C18H29NO2/c1-3-19-12-11-15-7-9-16(10-8-15)14-21-18-6-4-5-17(13-18)20-2/h7-10,17-19H,3-6,11-14H2,1-2H3. The maximum atomic E-state index is 6.05. The Hall–Kier alpha value is -0.900. The van der Waals surface area contributed by atoms with E-state index in [0.29, 0.717) is 18.8 Å². The van der Waals surface area contributed by atoms with Crippen molar-refractivity contribution < 1.29 is 9.47 Å². The molecule has 3 nitrogen and oxygen atoms in total. The Labute approximate surface area is 129 Å². The van der Waals surface area contributed by atoms with Crippen LogP contribution >= 0.6 is 0 Å². The third-order valence-corrected chi connectivity index (χ3v) is 4.26. The lowest BCUT2D eigenvalue weighted by molar-refractivity contribution is -0.0363. The molecular formula is C18H29NO2. The SMILES string of the molecule is CCNCCc1ccc(COC2CCCC(OC)C2)cc1. The molecule has 0 bridgehead atoms. The molecule has 2 rings (SSSR count). The van der Waals surface area contributed by atoms with Crippen LogP contribution in [-0.4, -0.2) is 32.4 Å². The van der Waals surface area contributed by atoms with Gasteiger partial charge in [0.1, 0.15) is 0 Å². The third kappa shape index (κ3) is 5.77. The molecule has 1 aromatic carbocycles. The highest BCUT2D eigenvalue weighted by Gasteiger charge is 2.21. The molecule has 0 heterocycles. The largest absolute Gasteiger partial charge is 0.381 e. The van der Waals surface area contributed by atoms with Gasteiger partial charge in [-0.1, -0.05) is 31.2 Å². The summed E-state index contributed by atoms with van der Waals surface area (Å²) in [5.41, 5.74) is 2.65. The van der Waals surface area contributed by atoms with Crippen LogP contribution in [0.25, 0.3) is 0 Å². The van der Waals surface area contributed by atoms with Gasteiger partial charge < -0.3 is 14.8 Å². The number of hydrogen-bond donors (Lipinski definition) is 1. The first-order valence-corrected chi connectivity index (χ1v) is 8.24. The summed E-state index contributed by atoms with van der Waals surface area (Å²) in [7, 11) is 1.80. The van der Waals surface area contributed by atoms with Crippen molar-refractivity contribution in [1.82, 2.24) is 5.32 Å². The van der Waals surface area contributed by atoms with Crippen LogP contribution in [0, 0.1) is 0 Å². The van der Waals surface area contributed by atoms with Gasteiger partial charge in [-0.25, -0.2) is 0 Å². The monoisotopic (exact) mass is 291 g/mol. The molecule has 1 aliphatic carbocycles. The molecule has 0 aliphatic heterocycles. The smallest absolute Gasteiger partial charge is 0.0720 e. The van der Waals surface area contributed by atoms with Gasteiger partial charge in [-0.15, -0.1) is 0 Å². The molecule has 1 fully saturated rings. The fraction of sp³-hybridized carbons (Fsp3) is 0.667. The average molecular weight is 291 g/mol. The Morgan fingerprint density at radius 3 is 2.52 bits per heavy atom. The van der Waals surface area contributed by atoms with Crippen molar-refractivity contribution in [3.05, 3.63) is 35.4 Å². The summed E-state index contributed by atoms with van der Waals surface area (Å²) in [5, 5.41) is 3.35. The van der Waals surface area contributed by atoms with Gasteiger partial charge in [0.25, 0.3) is 0 Å². The Balaban J connectivity index is 1.73. The number of ether oxygens (including phenoxy) is 2. The molecule has 3 heteroatoms. The van der Waals surface area contributed by atoms with E-state index in [2.05, 4.69) is 36.5 Å². The Morgan fingerprint density at radius 2 is 1.81 bits per heavy atom. The second-order valence-electron chi connectivity index (χ2n) is 5.88. The molecule has 21 heavy (non-hydrogen) atoms. The molecule has 0 saturated heterocycles. The molecule has 1 aromatic rings. The van der Waals surface area contributed by atoms with Gasteiger partial charge in [-0.2, -0.15) is 0 Å². The second kappa shape index (κ2) is 9.19. The maximum Gasteiger partial charge on any atom is 0.0720 e. The number of nitrogens with one attached hydrogen (secondary N) is 1. The number of benzene rings is 1. The third-order valence-electron chi connectivity index (χ3n) is 4.26. The Bertz CT molecular complexity index is 391. The van der Waals surface area contributed by atoms with Crippen LogP contribution in [0.4, 0.5) is 0 Å². The Morgan fingerprint density at radius 1 is 1.10 bits per heavy atom. The van der Waals surface area contributed by atoms with Crippen molar-refractivity contribution in [2.75, 3.05) is 20.2 Å². The lowest BCUT2D eigenvalue weighted by Crippen LogP contribution is -2.27. The summed E-state index contributed by atoms with van der Waals surface area (Å²) in [6.45, 7) is 4.94. The average Bonchev–Trinajstić information content (AvgIpc) is 2.54. The molecule has 1 aliphatic rings. The number of hydrogen-bond acceptors (Lipinski definition) is 3. The second-order valence-corrected chi connectivity index (χ2v) is 5.88. The van der Waals surface area contributed by atoms with E-state index in [-0.39, 0.29) is 0 Å².